The minimum atomic E-state index is -0.0721. The molecule has 0 spiro atoms. The number of benzene rings is 3. The molecule has 0 saturated carbocycles. The molecule has 3 nitrogen and oxygen atoms in total. The van der Waals surface area contributed by atoms with Gasteiger partial charge in [0, 0.05) is 47.6 Å². The zero-order valence-electron chi connectivity index (χ0n) is 17.0. The van der Waals surface area contributed by atoms with Crippen LogP contribution in [0, 0.1) is 0 Å². The van der Waals surface area contributed by atoms with Crippen molar-refractivity contribution in [1.82, 2.24) is 9.88 Å². The van der Waals surface area contributed by atoms with E-state index in [0.29, 0.717) is 18.0 Å². The van der Waals surface area contributed by atoms with E-state index in [0.717, 1.165) is 23.2 Å². The first-order chi connectivity index (χ1) is 14.7. The highest BCUT2D eigenvalue weighted by atomic mass is 35.5. The summed E-state index contributed by atoms with van der Waals surface area (Å²) < 4.78 is 2.24. The SMILES string of the molecule is CCn1cc([C@H](CC(=O)NCc2ccccc2)c2cccc(Cl)c2)c2ccccc21. The highest BCUT2D eigenvalue weighted by molar-refractivity contribution is 6.30. The minimum Gasteiger partial charge on any atom is -0.352 e. The number of hydrogen-bond donors (Lipinski definition) is 1. The lowest BCUT2D eigenvalue weighted by molar-refractivity contribution is -0.121. The molecule has 4 heteroatoms. The molecule has 0 aliphatic heterocycles. The summed E-state index contributed by atoms with van der Waals surface area (Å²) >= 11 is 6.30. The van der Waals surface area contributed by atoms with Gasteiger partial charge < -0.3 is 9.88 Å². The second kappa shape index (κ2) is 9.19. The normalized spacial score (nSPS) is 12.1. The maximum absolute atomic E-state index is 12.9. The van der Waals surface area contributed by atoms with Crippen molar-refractivity contribution in [2.75, 3.05) is 0 Å². The molecular formula is C26H25ClN2O. The van der Waals surface area contributed by atoms with E-state index >= 15 is 0 Å². The smallest absolute Gasteiger partial charge is 0.221 e. The Bertz CT molecular complexity index is 1150. The Morgan fingerprint density at radius 1 is 1.00 bits per heavy atom. The molecule has 152 valence electrons. The molecule has 0 aliphatic carbocycles. The number of aromatic nitrogens is 1. The van der Waals surface area contributed by atoms with Gasteiger partial charge in [-0.15, -0.1) is 0 Å². The summed E-state index contributed by atoms with van der Waals surface area (Å²) in [5.41, 5.74) is 4.49. The number of carbonyl (C=O) groups is 1. The highest BCUT2D eigenvalue weighted by Gasteiger charge is 2.22. The monoisotopic (exact) mass is 416 g/mol. The molecule has 1 N–H and O–H groups in total. The average Bonchev–Trinajstić information content (AvgIpc) is 3.15. The molecule has 0 saturated heterocycles. The van der Waals surface area contributed by atoms with Crippen LogP contribution in [0.15, 0.2) is 85.1 Å². The molecule has 4 rings (SSSR count). The summed E-state index contributed by atoms with van der Waals surface area (Å²) in [5.74, 6) is -0.0469. The Hall–Kier alpha value is -3.04. The van der Waals surface area contributed by atoms with Crippen LogP contribution in [0.5, 0.6) is 0 Å². The van der Waals surface area contributed by atoms with Gasteiger partial charge >= 0.3 is 0 Å². The van der Waals surface area contributed by atoms with Crippen LogP contribution in [0.2, 0.25) is 5.02 Å². The summed E-state index contributed by atoms with van der Waals surface area (Å²) in [7, 11) is 0. The average molecular weight is 417 g/mol. The topological polar surface area (TPSA) is 34.0 Å². The van der Waals surface area contributed by atoms with Crippen LogP contribution in [-0.4, -0.2) is 10.5 Å². The third-order valence-corrected chi connectivity index (χ3v) is 5.74. The Balaban J connectivity index is 1.67. The first-order valence-electron chi connectivity index (χ1n) is 10.3. The Morgan fingerprint density at radius 3 is 2.53 bits per heavy atom. The molecule has 1 aromatic heterocycles. The van der Waals surface area contributed by atoms with E-state index in [1.807, 2.05) is 48.5 Å². The fourth-order valence-electron chi connectivity index (χ4n) is 4.00. The van der Waals surface area contributed by atoms with Crippen molar-refractivity contribution in [3.8, 4) is 0 Å². The van der Waals surface area contributed by atoms with E-state index in [9.17, 15) is 4.79 Å². The molecule has 1 heterocycles. The summed E-state index contributed by atoms with van der Waals surface area (Å²) in [6.45, 7) is 3.54. The number of para-hydroxylation sites is 1. The molecule has 3 aromatic carbocycles. The Morgan fingerprint density at radius 2 is 1.77 bits per heavy atom. The third kappa shape index (κ3) is 4.42. The van der Waals surface area contributed by atoms with Gasteiger partial charge in [0.1, 0.15) is 0 Å². The maximum atomic E-state index is 12.9. The number of halogens is 1. The van der Waals surface area contributed by atoms with Gasteiger partial charge in [-0.05, 0) is 41.8 Å². The van der Waals surface area contributed by atoms with Crippen LogP contribution in [0.3, 0.4) is 0 Å². The van der Waals surface area contributed by atoms with Crippen molar-refractivity contribution in [2.45, 2.75) is 32.4 Å². The number of aryl methyl sites for hydroxylation is 1. The van der Waals surface area contributed by atoms with E-state index in [2.05, 4.69) is 53.3 Å². The molecule has 4 aromatic rings. The zero-order valence-corrected chi connectivity index (χ0v) is 17.8. The van der Waals surface area contributed by atoms with E-state index in [1.54, 1.807) is 0 Å². The van der Waals surface area contributed by atoms with Crippen molar-refractivity contribution in [2.24, 2.45) is 0 Å². The van der Waals surface area contributed by atoms with Crippen molar-refractivity contribution in [1.29, 1.82) is 0 Å². The molecular weight excluding hydrogens is 392 g/mol. The maximum Gasteiger partial charge on any atom is 0.221 e. The van der Waals surface area contributed by atoms with Crippen molar-refractivity contribution in [3.63, 3.8) is 0 Å². The number of nitrogens with zero attached hydrogens (tertiary/aromatic N) is 1. The molecule has 0 fully saturated rings. The van der Waals surface area contributed by atoms with Gasteiger partial charge in [0.2, 0.25) is 5.91 Å². The van der Waals surface area contributed by atoms with Gasteiger partial charge in [0.25, 0.3) is 0 Å². The van der Waals surface area contributed by atoms with E-state index in [-0.39, 0.29) is 11.8 Å². The Labute approximate surface area is 182 Å². The molecule has 0 radical (unpaired) electrons. The van der Waals surface area contributed by atoms with Crippen molar-refractivity contribution in [3.05, 3.63) is 107 Å². The number of nitrogens with one attached hydrogen (secondary N) is 1. The van der Waals surface area contributed by atoms with Crippen LogP contribution in [-0.2, 0) is 17.9 Å². The van der Waals surface area contributed by atoms with Crippen molar-refractivity contribution < 1.29 is 4.79 Å². The number of fused-ring (bicyclic) bond motifs is 1. The lowest BCUT2D eigenvalue weighted by Crippen LogP contribution is -2.25. The number of carbonyl (C=O) groups excluding carboxylic acids is 1. The van der Waals surface area contributed by atoms with Gasteiger partial charge in [0.15, 0.2) is 0 Å². The predicted octanol–water partition coefficient (Wildman–Crippen LogP) is 6.15. The van der Waals surface area contributed by atoms with Crippen LogP contribution in [0.4, 0.5) is 0 Å². The molecule has 1 amide bonds. The van der Waals surface area contributed by atoms with Crippen LogP contribution >= 0.6 is 11.6 Å². The zero-order chi connectivity index (χ0) is 20.9. The third-order valence-electron chi connectivity index (χ3n) is 5.51. The van der Waals surface area contributed by atoms with Gasteiger partial charge in [-0.2, -0.15) is 0 Å². The fraction of sp³-hybridized carbons (Fsp3) is 0.192. The number of amides is 1. The molecule has 0 bridgehead atoms. The molecule has 0 aliphatic rings. The van der Waals surface area contributed by atoms with Crippen LogP contribution in [0.1, 0.15) is 36.0 Å². The fourth-order valence-corrected chi connectivity index (χ4v) is 4.20. The van der Waals surface area contributed by atoms with Gasteiger partial charge in [-0.3, -0.25) is 4.79 Å². The van der Waals surface area contributed by atoms with Crippen LogP contribution in [0.25, 0.3) is 10.9 Å². The summed E-state index contributed by atoms with van der Waals surface area (Å²) in [4.78, 5) is 12.9. The summed E-state index contributed by atoms with van der Waals surface area (Å²) in [5, 5.41) is 4.94. The number of rotatable bonds is 7. The molecule has 0 unspecified atom stereocenters. The lowest BCUT2D eigenvalue weighted by Gasteiger charge is -2.18. The quantitative estimate of drug-likeness (QED) is 0.385. The standard InChI is InChI=1S/C26H25ClN2O/c1-2-29-18-24(22-13-6-7-14-25(22)29)23(20-11-8-12-21(27)15-20)16-26(30)28-17-19-9-4-3-5-10-19/h3-15,18,23H,2,16-17H2,1H3,(H,28,30)/t23-/m1/s1. The molecule has 1 atom stereocenters. The predicted molar refractivity (Wildman–Crippen MR) is 124 cm³/mol. The van der Waals surface area contributed by atoms with Gasteiger partial charge in [0.05, 0.1) is 0 Å². The van der Waals surface area contributed by atoms with Gasteiger partial charge in [-0.25, -0.2) is 0 Å². The first-order valence-corrected chi connectivity index (χ1v) is 10.7. The highest BCUT2D eigenvalue weighted by Crippen LogP contribution is 2.35. The molecule has 30 heavy (non-hydrogen) atoms. The summed E-state index contributed by atoms with van der Waals surface area (Å²) in [6.07, 6.45) is 2.55. The first kappa shape index (κ1) is 20.2. The van der Waals surface area contributed by atoms with E-state index in [4.69, 9.17) is 11.6 Å². The van der Waals surface area contributed by atoms with E-state index in [1.165, 1.54) is 10.9 Å². The largest absolute Gasteiger partial charge is 0.352 e. The number of hydrogen-bond acceptors (Lipinski definition) is 1. The van der Waals surface area contributed by atoms with E-state index < -0.39 is 0 Å². The van der Waals surface area contributed by atoms with Crippen LogP contribution < -0.4 is 5.32 Å². The second-order valence-electron chi connectivity index (χ2n) is 7.46. The van der Waals surface area contributed by atoms with Crippen molar-refractivity contribution >= 4 is 28.4 Å². The second-order valence-corrected chi connectivity index (χ2v) is 7.90. The summed E-state index contributed by atoms with van der Waals surface area (Å²) in [6, 6.07) is 26.2. The van der Waals surface area contributed by atoms with Gasteiger partial charge in [-0.1, -0.05) is 72.3 Å². The minimum absolute atomic E-state index is 0.0251. The Kier molecular flexibility index (Phi) is 6.20. The lowest BCUT2D eigenvalue weighted by atomic mass is 9.88.